The molecule has 0 aromatic carbocycles. The SMILES string of the molecule is Cc1nn(-c2cncc(NN)n2)cc1Cl. The summed E-state index contributed by atoms with van der Waals surface area (Å²) < 4.78 is 1.55. The molecule has 2 aromatic heterocycles. The second-order valence-electron chi connectivity index (χ2n) is 2.91. The van der Waals surface area contributed by atoms with Crippen LogP contribution >= 0.6 is 11.6 Å². The van der Waals surface area contributed by atoms with E-state index >= 15 is 0 Å². The highest BCUT2D eigenvalue weighted by Crippen LogP contribution is 2.15. The lowest BCUT2D eigenvalue weighted by molar-refractivity contribution is 0.825. The van der Waals surface area contributed by atoms with Gasteiger partial charge in [-0.15, -0.1) is 0 Å². The molecule has 0 aliphatic carbocycles. The molecule has 0 unspecified atom stereocenters. The fourth-order valence-electron chi connectivity index (χ4n) is 1.09. The van der Waals surface area contributed by atoms with Gasteiger partial charge in [0.1, 0.15) is 0 Å². The molecule has 0 fully saturated rings. The molecule has 2 heterocycles. The van der Waals surface area contributed by atoms with Gasteiger partial charge >= 0.3 is 0 Å². The van der Waals surface area contributed by atoms with Crippen LogP contribution in [0.4, 0.5) is 5.82 Å². The van der Waals surface area contributed by atoms with Crippen molar-refractivity contribution in [2.75, 3.05) is 5.43 Å². The van der Waals surface area contributed by atoms with Crippen LogP contribution in [0.1, 0.15) is 5.69 Å². The van der Waals surface area contributed by atoms with Crippen molar-refractivity contribution in [2.24, 2.45) is 5.84 Å². The number of hydrazine groups is 1. The molecule has 0 amide bonds. The quantitative estimate of drug-likeness (QED) is 0.585. The largest absolute Gasteiger partial charge is 0.307 e. The van der Waals surface area contributed by atoms with Crippen molar-refractivity contribution in [1.82, 2.24) is 19.7 Å². The molecular formula is C8H9ClN6. The van der Waals surface area contributed by atoms with Gasteiger partial charge in [0.05, 0.1) is 29.3 Å². The molecule has 6 nitrogen and oxygen atoms in total. The Labute approximate surface area is 91.1 Å². The van der Waals surface area contributed by atoms with Crippen molar-refractivity contribution in [3.05, 3.63) is 29.3 Å². The summed E-state index contributed by atoms with van der Waals surface area (Å²) in [6.07, 6.45) is 4.76. The number of nitrogens with zero attached hydrogens (tertiary/aromatic N) is 4. The minimum Gasteiger partial charge on any atom is -0.307 e. The zero-order chi connectivity index (χ0) is 10.8. The maximum Gasteiger partial charge on any atom is 0.174 e. The number of rotatable bonds is 2. The summed E-state index contributed by atoms with van der Waals surface area (Å²) in [7, 11) is 0. The van der Waals surface area contributed by atoms with Gasteiger partial charge in [0.15, 0.2) is 11.6 Å². The van der Waals surface area contributed by atoms with Crippen molar-refractivity contribution in [3.63, 3.8) is 0 Å². The average Bonchev–Trinajstić information content (AvgIpc) is 2.59. The predicted molar refractivity (Wildman–Crippen MR) is 56.7 cm³/mol. The third kappa shape index (κ3) is 1.90. The summed E-state index contributed by atoms with van der Waals surface area (Å²) in [6, 6.07) is 0. The first kappa shape index (κ1) is 9.88. The summed E-state index contributed by atoms with van der Waals surface area (Å²) >= 11 is 5.88. The van der Waals surface area contributed by atoms with Crippen LogP contribution in [-0.2, 0) is 0 Å². The van der Waals surface area contributed by atoms with Gasteiger partial charge in [0, 0.05) is 0 Å². The molecular weight excluding hydrogens is 216 g/mol. The van der Waals surface area contributed by atoms with Crippen molar-refractivity contribution in [3.8, 4) is 5.82 Å². The van der Waals surface area contributed by atoms with Gasteiger partial charge in [-0.2, -0.15) is 5.10 Å². The van der Waals surface area contributed by atoms with E-state index in [1.807, 2.05) is 6.92 Å². The highest BCUT2D eigenvalue weighted by atomic mass is 35.5. The lowest BCUT2D eigenvalue weighted by Crippen LogP contribution is -2.10. The summed E-state index contributed by atoms with van der Waals surface area (Å²) in [6.45, 7) is 1.82. The number of nitrogens with two attached hydrogens (primary N) is 1. The minimum atomic E-state index is 0.469. The number of nitrogens with one attached hydrogen (secondary N) is 1. The monoisotopic (exact) mass is 224 g/mol. The van der Waals surface area contributed by atoms with Crippen LogP contribution in [-0.4, -0.2) is 19.7 Å². The highest BCUT2D eigenvalue weighted by molar-refractivity contribution is 6.31. The predicted octanol–water partition coefficient (Wildman–Crippen LogP) is 0.910. The Kier molecular flexibility index (Phi) is 2.53. The number of anilines is 1. The molecule has 0 aliphatic heterocycles. The fourth-order valence-corrected chi connectivity index (χ4v) is 1.22. The van der Waals surface area contributed by atoms with Crippen molar-refractivity contribution in [1.29, 1.82) is 0 Å². The van der Waals surface area contributed by atoms with Crippen LogP contribution < -0.4 is 11.3 Å². The number of aromatic nitrogens is 4. The van der Waals surface area contributed by atoms with Crippen molar-refractivity contribution >= 4 is 17.4 Å². The zero-order valence-corrected chi connectivity index (χ0v) is 8.73. The maximum atomic E-state index is 5.88. The van der Waals surface area contributed by atoms with E-state index in [4.69, 9.17) is 17.4 Å². The molecule has 0 radical (unpaired) electrons. The van der Waals surface area contributed by atoms with E-state index in [2.05, 4.69) is 20.5 Å². The van der Waals surface area contributed by atoms with Crippen LogP contribution in [0.3, 0.4) is 0 Å². The van der Waals surface area contributed by atoms with Gasteiger partial charge in [-0.05, 0) is 6.92 Å². The summed E-state index contributed by atoms with van der Waals surface area (Å²) in [5.41, 5.74) is 3.15. The number of hydrogen-bond donors (Lipinski definition) is 2. The molecule has 0 bridgehead atoms. The van der Waals surface area contributed by atoms with Crippen LogP contribution in [0.2, 0.25) is 5.02 Å². The Morgan fingerprint density at radius 2 is 2.27 bits per heavy atom. The lowest BCUT2D eigenvalue weighted by Gasteiger charge is -2.01. The van der Waals surface area contributed by atoms with E-state index in [9.17, 15) is 0 Å². The smallest absolute Gasteiger partial charge is 0.174 e. The molecule has 7 heteroatoms. The first-order valence-corrected chi connectivity index (χ1v) is 4.59. The number of aryl methyl sites for hydroxylation is 1. The average molecular weight is 225 g/mol. The Morgan fingerprint density at radius 1 is 1.47 bits per heavy atom. The van der Waals surface area contributed by atoms with E-state index in [0.29, 0.717) is 16.7 Å². The van der Waals surface area contributed by atoms with Crippen molar-refractivity contribution < 1.29 is 0 Å². The second-order valence-corrected chi connectivity index (χ2v) is 3.32. The van der Waals surface area contributed by atoms with Gasteiger partial charge in [-0.25, -0.2) is 15.5 Å². The lowest BCUT2D eigenvalue weighted by atomic mass is 10.5. The van der Waals surface area contributed by atoms with E-state index in [-0.39, 0.29) is 0 Å². The van der Waals surface area contributed by atoms with E-state index in [0.717, 1.165) is 5.69 Å². The van der Waals surface area contributed by atoms with Crippen LogP contribution in [0.25, 0.3) is 5.82 Å². The minimum absolute atomic E-state index is 0.469. The van der Waals surface area contributed by atoms with Gasteiger partial charge < -0.3 is 5.43 Å². The molecule has 78 valence electrons. The number of nitrogen functional groups attached to an aromatic ring is 1. The van der Waals surface area contributed by atoms with Crippen LogP contribution in [0.15, 0.2) is 18.6 Å². The molecule has 15 heavy (non-hydrogen) atoms. The van der Waals surface area contributed by atoms with Gasteiger partial charge in [-0.3, -0.25) is 4.98 Å². The zero-order valence-electron chi connectivity index (χ0n) is 7.98. The third-order valence-corrected chi connectivity index (χ3v) is 2.21. The molecule has 0 aliphatic rings. The Bertz CT molecular complexity index is 460. The first-order chi connectivity index (χ1) is 7.20. The summed E-state index contributed by atoms with van der Waals surface area (Å²) in [4.78, 5) is 8.12. The second kappa shape index (κ2) is 3.84. The van der Waals surface area contributed by atoms with E-state index < -0.39 is 0 Å². The molecule has 3 N–H and O–H groups in total. The Balaban J connectivity index is 2.44. The third-order valence-electron chi connectivity index (χ3n) is 1.84. The molecule has 0 saturated heterocycles. The van der Waals surface area contributed by atoms with Crippen molar-refractivity contribution in [2.45, 2.75) is 6.92 Å². The van der Waals surface area contributed by atoms with Gasteiger partial charge in [0.2, 0.25) is 0 Å². The van der Waals surface area contributed by atoms with Gasteiger partial charge in [0.25, 0.3) is 0 Å². The summed E-state index contributed by atoms with van der Waals surface area (Å²) in [5.74, 6) is 6.25. The van der Waals surface area contributed by atoms with E-state index in [1.165, 1.54) is 6.20 Å². The standard InChI is InChI=1S/C8H9ClN6/c1-5-6(9)4-15(14-5)8-3-11-2-7(12-8)13-10/h2-4H,10H2,1H3,(H,12,13). The molecule has 0 spiro atoms. The highest BCUT2D eigenvalue weighted by Gasteiger charge is 2.05. The maximum absolute atomic E-state index is 5.88. The van der Waals surface area contributed by atoms with Crippen LogP contribution in [0.5, 0.6) is 0 Å². The molecule has 0 saturated carbocycles. The normalized spacial score (nSPS) is 10.3. The molecule has 0 atom stereocenters. The number of hydrogen-bond acceptors (Lipinski definition) is 5. The molecule has 2 aromatic rings. The van der Waals surface area contributed by atoms with Crippen LogP contribution in [0, 0.1) is 6.92 Å². The number of halogens is 1. The first-order valence-electron chi connectivity index (χ1n) is 4.21. The van der Waals surface area contributed by atoms with E-state index in [1.54, 1.807) is 17.1 Å². The van der Waals surface area contributed by atoms with Gasteiger partial charge in [-0.1, -0.05) is 11.6 Å². The Hall–Kier alpha value is -1.66. The topological polar surface area (TPSA) is 81.7 Å². The Morgan fingerprint density at radius 3 is 2.87 bits per heavy atom. The fraction of sp³-hybridized carbons (Fsp3) is 0.125. The molecule has 2 rings (SSSR count). The summed E-state index contributed by atoms with van der Waals surface area (Å²) in [5, 5.41) is 4.76.